The van der Waals surface area contributed by atoms with Crippen molar-refractivity contribution in [1.29, 1.82) is 0 Å². The average Bonchev–Trinajstić information content (AvgIpc) is 3.21. The molecular weight excluding hydrogens is 380 g/mol. The molecule has 0 aliphatic carbocycles. The Balaban J connectivity index is 1.99. The van der Waals surface area contributed by atoms with Crippen LogP contribution in [-0.4, -0.2) is 70.3 Å². The minimum atomic E-state index is -0.870. The molecule has 2 atom stereocenters. The molecule has 2 aliphatic rings. The minimum absolute atomic E-state index is 0.357. The van der Waals surface area contributed by atoms with Gasteiger partial charge in [0.15, 0.2) is 0 Å². The summed E-state index contributed by atoms with van der Waals surface area (Å²) >= 11 is 0. The van der Waals surface area contributed by atoms with Crippen LogP contribution in [0.2, 0.25) is 0 Å². The van der Waals surface area contributed by atoms with E-state index in [4.69, 9.17) is 14.2 Å². The molecule has 29 heavy (non-hydrogen) atoms. The van der Waals surface area contributed by atoms with Crippen molar-refractivity contribution in [2.75, 3.05) is 13.1 Å². The van der Waals surface area contributed by atoms with Gasteiger partial charge in [0, 0.05) is 13.1 Å². The highest BCUT2D eigenvalue weighted by Crippen LogP contribution is 2.25. The van der Waals surface area contributed by atoms with Gasteiger partial charge >= 0.3 is 24.1 Å². The monoisotopic (exact) mass is 412 g/mol. The highest BCUT2D eigenvalue weighted by molar-refractivity contribution is 5.94. The summed E-state index contributed by atoms with van der Waals surface area (Å²) in [5, 5.41) is 0. The Morgan fingerprint density at radius 1 is 0.690 bits per heavy atom. The first-order valence-electron chi connectivity index (χ1n) is 10.0. The van der Waals surface area contributed by atoms with E-state index in [1.807, 2.05) is 0 Å². The Kier molecular flexibility index (Phi) is 6.80. The fourth-order valence-corrected chi connectivity index (χ4v) is 3.34. The van der Waals surface area contributed by atoms with E-state index in [0.29, 0.717) is 38.8 Å². The van der Waals surface area contributed by atoms with Gasteiger partial charge in [-0.15, -0.1) is 0 Å². The molecule has 2 saturated heterocycles. The summed E-state index contributed by atoms with van der Waals surface area (Å²) in [7, 11) is 0. The minimum Gasteiger partial charge on any atom is -0.444 e. The summed E-state index contributed by atoms with van der Waals surface area (Å²) in [6, 6.07) is -1.74. The van der Waals surface area contributed by atoms with Crippen LogP contribution in [0.1, 0.15) is 67.2 Å². The van der Waals surface area contributed by atoms with Gasteiger partial charge in [-0.25, -0.2) is 19.2 Å². The lowest BCUT2D eigenvalue weighted by atomic mass is 10.2. The van der Waals surface area contributed by atoms with E-state index in [0.717, 1.165) is 0 Å². The van der Waals surface area contributed by atoms with Gasteiger partial charge in [-0.2, -0.15) is 0 Å². The van der Waals surface area contributed by atoms with Crippen LogP contribution in [0.15, 0.2) is 0 Å². The Morgan fingerprint density at radius 2 is 1.03 bits per heavy atom. The number of esters is 2. The maximum atomic E-state index is 12.6. The molecule has 0 aromatic rings. The predicted octanol–water partition coefficient (Wildman–Crippen LogP) is 2.86. The molecule has 0 spiro atoms. The fraction of sp³-hybridized carbons (Fsp3) is 0.800. The third-order valence-corrected chi connectivity index (χ3v) is 4.51. The SMILES string of the molecule is CC(C)(C)OC(=O)N1CCCC1C(=O)OC(=O)C1CCCN1C(=O)OC(C)(C)C. The first kappa shape index (κ1) is 23.0. The van der Waals surface area contributed by atoms with Crippen LogP contribution in [0.3, 0.4) is 0 Å². The largest absolute Gasteiger partial charge is 0.444 e. The molecule has 0 bridgehead atoms. The second-order valence-corrected chi connectivity index (χ2v) is 9.40. The number of carbonyl (C=O) groups is 4. The molecule has 2 aliphatic heterocycles. The van der Waals surface area contributed by atoms with E-state index in [-0.39, 0.29) is 0 Å². The van der Waals surface area contributed by atoms with Crippen molar-refractivity contribution in [3.63, 3.8) is 0 Å². The molecule has 2 rings (SSSR count). The van der Waals surface area contributed by atoms with E-state index in [1.165, 1.54) is 9.80 Å². The van der Waals surface area contributed by atoms with Gasteiger partial charge in [-0.3, -0.25) is 9.80 Å². The van der Waals surface area contributed by atoms with Crippen LogP contribution < -0.4 is 0 Å². The first-order valence-corrected chi connectivity index (χ1v) is 10.0. The average molecular weight is 412 g/mol. The molecule has 0 aromatic heterocycles. The number of rotatable bonds is 2. The fourth-order valence-electron chi connectivity index (χ4n) is 3.34. The second kappa shape index (κ2) is 8.59. The third kappa shape index (κ3) is 6.33. The zero-order valence-corrected chi connectivity index (χ0v) is 18.1. The zero-order valence-electron chi connectivity index (χ0n) is 18.1. The van der Waals surface area contributed by atoms with Gasteiger partial charge in [-0.1, -0.05) is 0 Å². The topological polar surface area (TPSA) is 102 Å². The number of hydrogen-bond acceptors (Lipinski definition) is 7. The number of amides is 2. The standard InChI is InChI=1S/C20H32N2O7/c1-19(2,3)28-17(25)21-11-7-9-13(21)15(23)27-16(24)14-10-8-12-22(14)18(26)29-20(4,5)6/h13-14H,7-12H2,1-6H3. The van der Waals surface area contributed by atoms with Crippen LogP contribution in [0.4, 0.5) is 9.59 Å². The Labute approximate surface area is 171 Å². The van der Waals surface area contributed by atoms with Crippen molar-refractivity contribution >= 4 is 24.1 Å². The summed E-state index contributed by atoms with van der Waals surface area (Å²) in [4.78, 5) is 52.4. The molecular formula is C20H32N2O7. The molecule has 2 amide bonds. The van der Waals surface area contributed by atoms with Crippen LogP contribution in [0.5, 0.6) is 0 Å². The summed E-state index contributed by atoms with van der Waals surface area (Å²) in [5.41, 5.74) is -1.39. The Morgan fingerprint density at radius 3 is 1.34 bits per heavy atom. The molecule has 2 fully saturated rings. The maximum Gasteiger partial charge on any atom is 0.411 e. The van der Waals surface area contributed by atoms with Crippen molar-refractivity contribution in [1.82, 2.24) is 9.80 Å². The first-order chi connectivity index (χ1) is 13.3. The Bertz CT molecular complexity index is 607. The predicted molar refractivity (Wildman–Crippen MR) is 103 cm³/mol. The molecule has 2 heterocycles. The normalized spacial score (nSPS) is 22.4. The van der Waals surface area contributed by atoms with E-state index in [9.17, 15) is 19.2 Å². The lowest BCUT2D eigenvalue weighted by molar-refractivity contribution is -0.165. The van der Waals surface area contributed by atoms with Crippen molar-refractivity contribution < 1.29 is 33.4 Å². The molecule has 0 N–H and O–H groups in total. The van der Waals surface area contributed by atoms with Gasteiger partial charge in [0.2, 0.25) is 0 Å². The van der Waals surface area contributed by atoms with Crippen LogP contribution >= 0.6 is 0 Å². The summed E-state index contributed by atoms with van der Waals surface area (Å²) < 4.78 is 15.7. The smallest absolute Gasteiger partial charge is 0.411 e. The second-order valence-electron chi connectivity index (χ2n) is 9.40. The quantitative estimate of drug-likeness (QED) is 0.390. The molecule has 9 heteroatoms. The lowest BCUT2D eigenvalue weighted by Crippen LogP contribution is -2.47. The van der Waals surface area contributed by atoms with Gasteiger partial charge < -0.3 is 14.2 Å². The van der Waals surface area contributed by atoms with Crippen molar-refractivity contribution in [2.24, 2.45) is 0 Å². The van der Waals surface area contributed by atoms with Crippen LogP contribution in [0, 0.1) is 0 Å². The van der Waals surface area contributed by atoms with Crippen molar-refractivity contribution in [3.05, 3.63) is 0 Å². The van der Waals surface area contributed by atoms with E-state index in [1.54, 1.807) is 41.5 Å². The molecule has 0 saturated carbocycles. The summed E-state index contributed by atoms with van der Waals surface area (Å²) in [5.74, 6) is -1.59. The van der Waals surface area contributed by atoms with Gasteiger partial charge in [-0.05, 0) is 67.2 Å². The molecule has 164 valence electrons. The zero-order chi connectivity index (χ0) is 22.0. The number of carbonyl (C=O) groups excluding carboxylic acids is 4. The molecule has 9 nitrogen and oxygen atoms in total. The van der Waals surface area contributed by atoms with Crippen LogP contribution in [0.25, 0.3) is 0 Å². The van der Waals surface area contributed by atoms with Gasteiger partial charge in [0.1, 0.15) is 23.3 Å². The van der Waals surface area contributed by atoms with Crippen molar-refractivity contribution in [3.8, 4) is 0 Å². The van der Waals surface area contributed by atoms with Gasteiger partial charge in [0.25, 0.3) is 0 Å². The molecule has 0 radical (unpaired) electrons. The summed E-state index contributed by atoms with van der Waals surface area (Å²) in [6.07, 6.45) is 0.792. The highest BCUT2D eigenvalue weighted by Gasteiger charge is 2.42. The number of hydrogen-bond donors (Lipinski definition) is 0. The van der Waals surface area contributed by atoms with Crippen LogP contribution in [-0.2, 0) is 23.8 Å². The lowest BCUT2D eigenvalue weighted by Gasteiger charge is -2.29. The van der Waals surface area contributed by atoms with Crippen molar-refractivity contribution in [2.45, 2.75) is 90.5 Å². The number of ether oxygens (including phenoxy) is 3. The number of likely N-dealkylation sites (tertiary alicyclic amines) is 2. The van der Waals surface area contributed by atoms with E-state index < -0.39 is 47.4 Å². The third-order valence-electron chi connectivity index (χ3n) is 4.51. The Hall–Kier alpha value is -2.32. The van der Waals surface area contributed by atoms with E-state index in [2.05, 4.69) is 0 Å². The maximum absolute atomic E-state index is 12.6. The number of nitrogens with zero attached hydrogens (tertiary/aromatic N) is 2. The summed E-state index contributed by atoms with van der Waals surface area (Å²) in [6.45, 7) is 11.2. The van der Waals surface area contributed by atoms with E-state index >= 15 is 0 Å². The van der Waals surface area contributed by atoms with Gasteiger partial charge in [0.05, 0.1) is 0 Å². The highest BCUT2D eigenvalue weighted by atomic mass is 16.6. The molecule has 0 aromatic carbocycles. The molecule has 2 unspecified atom stereocenters.